The van der Waals surface area contributed by atoms with Crippen molar-refractivity contribution < 1.29 is 14.6 Å². The minimum Gasteiger partial charge on any atom is -0.478 e. The van der Waals surface area contributed by atoms with Gasteiger partial charge in [0.2, 0.25) is 5.88 Å². The molecule has 3 heterocycles. The van der Waals surface area contributed by atoms with Crippen LogP contribution in [0.4, 0.5) is 11.4 Å². The average molecular weight is 309 g/mol. The number of aromatic carboxylic acids is 1. The van der Waals surface area contributed by atoms with E-state index in [1.807, 2.05) is 42.3 Å². The van der Waals surface area contributed by atoms with Crippen molar-refractivity contribution in [2.45, 2.75) is 13.0 Å². The third-order valence-electron chi connectivity index (χ3n) is 4.04. The maximum absolute atomic E-state index is 11.6. The van der Waals surface area contributed by atoms with E-state index in [1.54, 1.807) is 12.1 Å². The van der Waals surface area contributed by atoms with E-state index in [-0.39, 0.29) is 11.6 Å². The molecule has 0 saturated carbocycles. The number of rotatable bonds is 2. The van der Waals surface area contributed by atoms with Crippen LogP contribution in [0.25, 0.3) is 11.0 Å². The van der Waals surface area contributed by atoms with Gasteiger partial charge in [-0.2, -0.15) is 4.98 Å². The predicted molar refractivity (Wildman–Crippen MR) is 86.6 cm³/mol. The van der Waals surface area contributed by atoms with Crippen LogP contribution >= 0.6 is 0 Å². The van der Waals surface area contributed by atoms with Crippen LogP contribution < -0.4 is 9.64 Å². The fourth-order valence-corrected chi connectivity index (χ4v) is 2.98. The summed E-state index contributed by atoms with van der Waals surface area (Å²) in [6.07, 6.45) is 1.82. The van der Waals surface area contributed by atoms with Crippen molar-refractivity contribution >= 4 is 28.4 Å². The summed E-state index contributed by atoms with van der Waals surface area (Å²) in [7, 11) is 0. The van der Waals surface area contributed by atoms with E-state index in [0.717, 1.165) is 16.7 Å². The third kappa shape index (κ3) is 2.11. The zero-order valence-corrected chi connectivity index (χ0v) is 12.5. The molecule has 0 bridgehead atoms. The number of nitrogens with zero attached hydrogens (tertiary/aromatic N) is 2. The van der Waals surface area contributed by atoms with Gasteiger partial charge in [-0.1, -0.05) is 12.1 Å². The number of para-hydroxylation sites is 1. The molecule has 0 spiro atoms. The summed E-state index contributed by atoms with van der Waals surface area (Å²) < 4.78 is 5.75. The highest BCUT2D eigenvalue weighted by molar-refractivity contribution is 5.96. The van der Waals surface area contributed by atoms with Gasteiger partial charge in [-0.05, 0) is 31.2 Å². The monoisotopic (exact) mass is 309 g/mol. The van der Waals surface area contributed by atoms with Crippen LogP contribution in [0.15, 0.2) is 42.6 Å². The summed E-state index contributed by atoms with van der Waals surface area (Å²) in [6, 6.07) is 10.9. The number of ether oxygens (including phenoxy) is 1. The Labute approximate surface area is 132 Å². The highest BCUT2D eigenvalue weighted by Gasteiger charge is 2.30. The van der Waals surface area contributed by atoms with Gasteiger partial charge in [-0.15, -0.1) is 0 Å². The highest BCUT2D eigenvalue weighted by atomic mass is 16.5. The minimum absolute atomic E-state index is 0.00110. The average Bonchev–Trinajstić information content (AvgIpc) is 3.00. The lowest BCUT2D eigenvalue weighted by Gasteiger charge is -2.36. The second-order valence-electron chi connectivity index (χ2n) is 5.58. The Morgan fingerprint density at radius 2 is 2.17 bits per heavy atom. The molecular formula is C17H15N3O3. The van der Waals surface area contributed by atoms with Gasteiger partial charge >= 0.3 is 5.97 Å². The number of nitrogens with one attached hydrogen (secondary N) is 1. The van der Waals surface area contributed by atoms with E-state index in [4.69, 9.17) is 4.74 Å². The van der Waals surface area contributed by atoms with Gasteiger partial charge in [0.15, 0.2) is 0 Å². The van der Waals surface area contributed by atoms with Crippen molar-refractivity contribution in [1.29, 1.82) is 0 Å². The molecule has 2 aromatic heterocycles. The van der Waals surface area contributed by atoms with E-state index in [1.165, 1.54) is 0 Å². The van der Waals surface area contributed by atoms with Gasteiger partial charge in [-0.25, -0.2) is 4.79 Å². The van der Waals surface area contributed by atoms with Crippen LogP contribution in [0.2, 0.25) is 0 Å². The Morgan fingerprint density at radius 1 is 1.35 bits per heavy atom. The van der Waals surface area contributed by atoms with Crippen molar-refractivity contribution in [3.8, 4) is 5.88 Å². The normalized spacial score (nSPS) is 16.9. The van der Waals surface area contributed by atoms with Gasteiger partial charge in [0.25, 0.3) is 0 Å². The van der Waals surface area contributed by atoms with Crippen LogP contribution in [-0.4, -0.2) is 33.7 Å². The van der Waals surface area contributed by atoms with Gasteiger partial charge in [-0.3, -0.25) is 0 Å². The fourth-order valence-electron chi connectivity index (χ4n) is 2.98. The lowest BCUT2D eigenvalue weighted by atomic mass is 10.1. The zero-order valence-electron chi connectivity index (χ0n) is 12.5. The molecule has 1 aromatic carbocycles. The number of carboxylic acid groups (broad SMARTS) is 1. The summed E-state index contributed by atoms with van der Waals surface area (Å²) in [5, 5.41) is 10.4. The van der Waals surface area contributed by atoms with E-state index in [2.05, 4.69) is 9.97 Å². The Hall–Kier alpha value is -3.02. The van der Waals surface area contributed by atoms with Crippen molar-refractivity contribution in [2.75, 3.05) is 11.5 Å². The molecular weight excluding hydrogens is 294 g/mol. The van der Waals surface area contributed by atoms with Gasteiger partial charge < -0.3 is 19.7 Å². The molecule has 6 nitrogen and oxygen atoms in total. The Bertz CT molecular complexity index is 903. The second kappa shape index (κ2) is 5.01. The molecule has 2 N–H and O–H groups in total. The van der Waals surface area contributed by atoms with E-state index >= 15 is 0 Å². The van der Waals surface area contributed by atoms with Crippen molar-refractivity contribution in [2.24, 2.45) is 0 Å². The Morgan fingerprint density at radius 3 is 3.00 bits per heavy atom. The molecule has 1 atom stereocenters. The number of benzene rings is 1. The van der Waals surface area contributed by atoms with Crippen molar-refractivity contribution in [3.05, 3.63) is 48.2 Å². The summed E-state index contributed by atoms with van der Waals surface area (Å²) in [4.78, 5) is 21.1. The molecule has 116 valence electrons. The number of aromatic amines is 1. The first-order valence-electron chi connectivity index (χ1n) is 7.37. The minimum atomic E-state index is -0.948. The number of hydrogen-bond acceptors (Lipinski definition) is 4. The quantitative estimate of drug-likeness (QED) is 0.760. The maximum Gasteiger partial charge on any atom is 0.337 e. The molecule has 1 unspecified atom stereocenters. The molecule has 0 saturated heterocycles. The molecule has 3 aromatic rings. The number of aromatic nitrogens is 2. The second-order valence-corrected chi connectivity index (χ2v) is 5.58. The fraction of sp³-hybridized carbons (Fsp3) is 0.176. The standard InChI is InChI=1S/C17H15N3O3/c1-10-9-23-16-14(8-11-6-7-18-15(11)19-16)20(10)13-5-3-2-4-12(13)17(21)22/h2-8,10H,9H2,1H3,(H,18,19)(H,21,22). The Balaban J connectivity index is 1.94. The number of pyridine rings is 1. The van der Waals surface area contributed by atoms with Crippen LogP contribution in [0.5, 0.6) is 5.88 Å². The molecule has 6 heteroatoms. The van der Waals surface area contributed by atoms with Gasteiger partial charge in [0.1, 0.15) is 17.9 Å². The smallest absolute Gasteiger partial charge is 0.337 e. The van der Waals surface area contributed by atoms with E-state index < -0.39 is 5.97 Å². The van der Waals surface area contributed by atoms with E-state index in [9.17, 15) is 9.90 Å². The summed E-state index contributed by atoms with van der Waals surface area (Å²) in [5.74, 6) is -0.435. The largest absolute Gasteiger partial charge is 0.478 e. The molecule has 23 heavy (non-hydrogen) atoms. The topological polar surface area (TPSA) is 78.5 Å². The van der Waals surface area contributed by atoms with Gasteiger partial charge in [0.05, 0.1) is 17.3 Å². The first-order valence-corrected chi connectivity index (χ1v) is 7.37. The van der Waals surface area contributed by atoms with Gasteiger partial charge in [0, 0.05) is 11.6 Å². The number of fused-ring (bicyclic) bond motifs is 2. The van der Waals surface area contributed by atoms with Crippen LogP contribution in [0.3, 0.4) is 0 Å². The number of carbonyl (C=O) groups is 1. The van der Waals surface area contributed by atoms with Crippen molar-refractivity contribution in [1.82, 2.24) is 9.97 Å². The molecule has 0 amide bonds. The first kappa shape index (κ1) is 13.6. The number of carboxylic acids is 1. The number of H-pyrrole nitrogens is 1. The van der Waals surface area contributed by atoms with Crippen LogP contribution in [0, 0.1) is 0 Å². The highest BCUT2D eigenvalue weighted by Crippen LogP contribution is 2.40. The van der Waals surface area contributed by atoms with Crippen LogP contribution in [-0.2, 0) is 0 Å². The van der Waals surface area contributed by atoms with Crippen molar-refractivity contribution in [3.63, 3.8) is 0 Å². The molecule has 0 fully saturated rings. The van der Waals surface area contributed by atoms with Crippen LogP contribution in [0.1, 0.15) is 17.3 Å². The summed E-state index contributed by atoms with van der Waals surface area (Å²) in [6.45, 7) is 2.45. The Kier molecular flexibility index (Phi) is 2.97. The lowest BCUT2D eigenvalue weighted by Crippen LogP contribution is -2.38. The SMILES string of the molecule is CC1COc2nc3[nH]ccc3cc2N1c1ccccc1C(=O)O. The molecule has 4 rings (SSSR count). The van der Waals surface area contributed by atoms with E-state index in [0.29, 0.717) is 18.2 Å². The third-order valence-corrected chi connectivity index (χ3v) is 4.04. The molecule has 0 radical (unpaired) electrons. The summed E-state index contributed by atoms with van der Waals surface area (Å²) >= 11 is 0. The lowest BCUT2D eigenvalue weighted by molar-refractivity contribution is 0.0697. The molecule has 1 aliphatic rings. The zero-order chi connectivity index (χ0) is 16.0. The predicted octanol–water partition coefficient (Wildman–Crippen LogP) is 3.18. The maximum atomic E-state index is 11.6. The summed E-state index contributed by atoms with van der Waals surface area (Å²) in [5.41, 5.74) is 2.45. The molecule has 1 aliphatic heterocycles. The number of hydrogen-bond donors (Lipinski definition) is 2. The molecule has 0 aliphatic carbocycles. The number of anilines is 2. The first-order chi connectivity index (χ1) is 11.1.